The largest absolute Gasteiger partial charge is 0.508 e. The summed E-state index contributed by atoms with van der Waals surface area (Å²) in [6.45, 7) is 0. The molecule has 0 radical (unpaired) electrons. The third-order valence-electron chi connectivity index (χ3n) is 2.04. The van der Waals surface area contributed by atoms with Crippen LogP contribution in [0, 0.1) is 0 Å². The fourth-order valence-electron chi connectivity index (χ4n) is 1.31. The first-order valence-corrected chi connectivity index (χ1v) is 6.10. The number of aromatic hydroxyl groups is 3. The molecule has 1 aliphatic heterocycles. The summed E-state index contributed by atoms with van der Waals surface area (Å²) in [5.74, 6) is -0.662. The molecule has 0 atom stereocenters. The first-order valence-electron chi connectivity index (χ1n) is 4.47. The van der Waals surface area contributed by atoms with E-state index in [1.165, 1.54) is 17.8 Å². The van der Waals surface area contributed by atoms with E-state index in [1.807, 2.05) is 0 Å². The monoisotopic (exact) mass is 285 g/mol. The Labute approximate surface area is 112 Å². The first kappa shape index (κ1) is 12.2. The fourth-order valence-corrected chi connectivity index (χ4v) is 2.77. The van der Waals surface area contributed by atoms with E-state index in [1.54, 1.807) is 0 Å². The highest BCUT2D eigenvalue weighted by Gasteiger charge is 2.20. The van der Waals surface area contributed by atoms with E-state index < -0.39 is 0 Å². The first-order chi connectivity index (χ1) is 7.97. The lowest BCUT2D eigenvalue weighted by atomic mass is 10.1. The van der Waals surface area contributed by atoms with Crippen LogP contribution >= 0.6 is 36.2 Å². The Hall–Kier alpha value is -1.31. The van der Waals surface area contributed by atoms with E-state index >= 15 is 0 Å². The molecule has 7 heteroatoms. The van der Waals surface area contributed by atoms with E-state index in [0.29, 0.717) is 14.2 Å². The normalized spacial score (nSPS) is 17.5. The highest BCUT2D eigenvalue weighted by atomic mass is 32.2. The Morgan fingerprint density at radius 1 is 1.12 bits per heavy atom. The highest BCUT2D eigenvalue weighted by molar-refractivity contribution is 8.27. The summed E-state index contributed by atoms with van der Waals surface area (Å²) in [5.41, 5.74) is 0.194. The molecule has 4 nitrogen and oxygen atoms in total. The third kappa shape index (κ3) is 2.51. The lowest BCUT2D eigenvalue weighted by molar-refractivity contribution is 0.426. The van der Waals surface area contributed by atoms with Crippen molar-refractivity contribution in [3.63, 3.8) is 0 Å². The molecule has 88 valence electrons. The molecule has 0 spiro atoms. The number of thiocarbonyl (C=S) groups is 2. The maximum atomic E-state index is 9.61. The Kier molecular flexibility index (Phi) is 3.23. The molecule has 1 fully saturated rings. The predicted octanol–water partition coefficient (Wildman–Crippen LogP) is 2.09. The fraction of sp³-hybridized carbons (Fsp3) is 0. The maximum Gasteiger partial charge on any atom is 0.143 e. The van der Waals surface area contributed by atoms with Gasteiger partial charge in [-0.1, -0.05) is 36.2 Å². The number of phenolic OH excluding ortho intramolecular Hbond substituents is 3. The predicted molar refractivity (Wildman–Crippen MR) is 75.3 cm³/mol. The van der Waals surface area contributed by atoms with Crippen molar-refractivity contribution >= 4 is 51.6 Å². The molecule has 0 bridgehead atoms. The number of hydrogen-bond acceptors (Lipinski definition) is 6. The molecule has 0 saturated carbocycles. The van der Waals surface area contributed by atoms with Crippen molar-refractivity contribution in [2.45, 2.75) is 0 Å². The zero-order valence-corrected chi connectivity index (χ0v) is 10.7. The number of rotatable bonds is 1. The number of hydrogen-bond donors (Lipinski definition) is 4. The smallest absolute Gasteiger partial charge is 0.143 e. The second-order valence-corrected chi connectivity index (χ2v) is 5.38. The van der Waals surface area contributed by atoms with Crippen LogP contribution < -0.4 is 5.32 Å². The minimum absolute atomic E-state index is 0.194. The molecule has 4 N–H and O–H groups in total. The summed E-state index contributed by atoms with van der Waals surface area (Å²) >= 11 is 11.2. The SMILES string of the molecule is Oc1cc(O)c(/C=C2\SC(=S)NC2=S)c(O)c1. The minimum Gasteiger partial charge on any atom is -0.508 e. The number of benzene rings is 1. The van der Waals surface area contributed by atoms with Gasteiger partial charge >= 0.3 is 0 Å². The van der Waals surface area contributed by atoms with Crippen LogP contribution in [0.15, 0.2) is 17.0 Å². The van der Waals surface area contributed by atoms with Crippen LogP contribution in [0.5, 0.6) is 17.2 Å². The second kappa shape index (κ2) is 4.52. The molecular formula is C10H7NO3S3. The molecule has 2 rings (SSSR count). The maximum absolute atomic E-state index is 9.61. The quantitative estimate of drug-likeness (QED) is 0.465. The average Bonchev–Trinajstić information content (AvgIpc) is 2.51. The van der Waals surface area contributed by atoms with Crippen molar-refractivity contribution < 1.29 is 15.3 Å². The summed E-state index contributed by atoms with van der Waals surface area (Å²) in [5, 5.41) is 31.2. The minimum atomic E-state index is -0.226. The molecule has 1 aliphatic rings. The zero-order chi connectivity index (χ0) is 12.6. The summed E-state index contributed by atoms with van der Waals surface area (Å²) in [7, 11) is 0. The van der Waals surface area contributed by atoms with E-state index in [0.717, 1.165) is 12.1 Å². The molecule has 0 amide bonds. The highest BCUT2D eigenvalue weighted by Crippen LogP contribution is 2.36. The third-order valence-corrected chi connectivity index (χ3v) is 3.67. The lowest BCUT2D eigenvalue weighted by Crippen LogP contribution is -2.15. The van der Waals surface area contributed by atoms with Gasteiger partial charge < -0.3 is 20.6 Å². The second-order valence-electron chi connectivity index (χ2n) is 3.25. The standard InChI is InChI=1S/C10H7NO3S3/c12-4-1-6(13)5(7(14)2-4)3-8-9(15)11-10(16)17-8/h1-3,12-14H,(H,11,15,16)/b8-3-. The molecule has 0 aliphatic carbocycles. The van der Waals surface area contributed by atoms with Crippen molar-refractivity contribution in [2.75, 3.05) is 0 Å². The molecule has 1 aromatic carbocycles. The van der Waals surface area contributed by atoms with Crippen LogP contribution in [0.3, 0.4) is 0 Å². The Balaban J connectivity index is 2.46. The van der Waals surface area contributed by atoms with Gasteiger partial charge in [0.1, 0.15) is 26.6 Å². The van der Waals surface area contributed by atoms with Gasteiger partial charge in [-0.15, -0.1) is 0 Å². The number of phenols is 3. The summed E-state index contributed by atoms with van der Waals surface area (Å²) in [4.78, 5) is 1.09. The van der Waals surface area contributed by atoms with Crippen LogP contribution in [0.2, 0.25) is 0 Å². The van der Waals surface area contributed by atoms with E-state index in [2.05, 4.69) is 5.32 Å². The average molecular weight is 285 g/mol. The van der Waals surface area contributed by atoms with Crippen LogP contribution in [0.4, 0.5) is 0 Å². The Bertz CT molecular complexity index is 531. The van der Waals surface area contributed by atoms with Crippen LogP contribution in [0.1, 0.15) is 5.56 Å². The van der Waals surface area contributed by atoms with Gasteiger partial charge in [-0.2, -0.15) is 0 Å². The van der Waals surface area contributed by atoms with Gasteiger partial charge in [0.2, 0.25) is 0 Å². The molecule has 0 unspecified atom stereocenters. The van der Waals surface area contributed by atoms with Gasteiger partial charge in [-0.3, -0.25) is 0 Å². The molecule has 1 aromatic rings. The molecule has 17 heavy (non-hydrogen) atoms. The topological polar surface area (TPSA) is 72.7 Å². The molecular weight excluding hydrogens is 278 g/mol. The van der Waals surface area contributed by atoms with E-state index in [-0.39, 0.29) is 22.8 Å². The molecule has 1 saturated heterocycles. The van der Waals surface area contributed by atoms with Gasteiger partial charge in [-0.05, 0) is 6.08 Å². The van der Waals surface area contributed by atoms with Gasteiger partial charge in [0.05, 0.1) is 10.5 Å². The number of thioether (sulfide) groups is 1. The van der Waals surface area contributed by atoms with Crippen molar-refractivity contribution in [3.05, 3.63) is 22.6 Å². The number of nitrogens with one attached hydrogen (secondary N) is 1. The Morgan fingerprint density at radius 2 is 1.71 bits per heavy atom. The van der Waals surface area contributed by atoms with E-state index in [4.69, 9.17) is 29.5 Å². The van der Waals surface area contributed by atoms with Crippen molar-refractivity contribution in [1.82, 2.24) is 5.32 Å². The molecule has 0 aromatic heterocycles. The van der Waals surface area contributed by atoms with Gasteiger partial charge in [-0.25, -0.2) is 0 Å². The summed E-state index contributed by atoms with van der Waals surface area (Å²) < 4.78 is 0.527. The summed E-state index contributed by atoms with van der Waals surface area (Å²) in [6.07, 6.45) is 1.52. The Morgan fingerprint density at radius 3 is 2.18 bits per heavy atom. The van der Waals surface area contributed by atoms with Crippen molar-refractivity contribution in [1.29, 1.82) is 0 Å². The van der Waals surface area contributed by atoms with Crippen LogP contribution in [-0.2, 0) is 0 Å². The van der Waals surface area contributed by atoms with Crippen molar-refractivity contribution in [3.8, 4) is 17.2 Å². The summed E-state index contributed by atoms with van der Waals surface area (Å²) in [6, 6.07) is 2.28. The van der Waals surface area contributed by atoms with Crippen LogP contribution in [-0.4, -0.2) is 24.6 Å². The van der Waals surface area contributed by atoms with Crippen molar-refractivity contribution in [2.24, 2.45) is 0 Å². The lowest BCUT2D eigenvalue weighted by Gasteiger charge is -2.04. The van der Waals surface area contributed by atoms with Gasteiger partial charge in [0.25, 0.3) is 0 Å². The van der Waals surface area contributed by atoms with Gasteiger partial charge in [0, 0.05) is 12.1 Å². The van der Waals surface area contributed by atoms with Gasteiger partial charge in [0.15, 0.2) is 0 Å². The van der Waals surface area contributed by atoms with E-state index in [9.17, 15) is 10.2 Å². The van der Waals surface area contributed by atoms with Crippen LogP contribution in [0.25, 0.3) is 6.08 Å². The molecule has 1 heterocycles. The zero-order valence-electron chi connectivity index (χ0n) is 8.30.